The van der Waals surface area contributed by atoms with Gasteiger partial charge in [0.25, 0.3) is 0 Å². The number of esters is 1. The van der Waals surface area contributed by atoms with Crippen LogP contribution in [0.3, 0.4) is 0 Å². The summed E-state index contributed by atoms with van der Waals surface area (Å²) in [5.74, 6) is 1.33. The number of carbonyl (C=O) groups is 1. The van der Waals surface area contributed by atoms with Crippen molar-refractivity contribution in [3.8, 4) is 0 Å². The first-order chi connectivity index (χ1) is 12.0. The molecule has 8 heteroatoms. The third-order valence-corrected chi connectivity index (χ3v) is 3.97. The van der Waals surface area contributed by atoms with Gasteiger partial charge in [0.2, 0.25) is 0 Å². The fourth-order valence-electron chi connectivity index (χ4n) is 2.81. The summed E-state index contributed by atoms with van der Waals surface area (Å²) in [5.41, 5.74) is 0. The maximum Gasteiger partial charge on any atom is 0.305 e. The van der Waals surface area contributed by atoms with Crippen LogP contribution in [0.2, 0.25) is 0 Å². The van der Waals surface area contributed by atoms with Crippen LogP contribution in [0.1, 0.15) is 40.0 Å². The lowest BCUT2D eigenvalue weighted by Crippen LogP contribution is -2.46. The van der Waals surface area contributed by atoms with Crippen molar-refractivity contribution in [2.24, 2.45) is 10.9 Å². The maximum absolute atomic E-state index is 11.1. The van der Waals surface area contributed by atoms with Crippen LogP contribution in [0.5, 0.6) is 0 Å². The molecular weight excluding hydrogens is 447 g/mol. The van der Waals surface area contributed by atoms with Crippen LogP contribution >= 0.6 is 24.0 Å². The van der Waals surface area contributed by atoms with E-state index in [9.17, 15) is 4.79 Å². The number of nitrogens with one attached hydrogen (secondary N) is 2. The number of halogens is 1. The molecule has 0 saturated carbocycles. The number of carbonyl (C=O) groups excluding carboxylic acids is 1. The molecule has 1 aliphatic heterocycles. The number of hydrogen-bond donors (Lipinski definition) is 2. The van der Waals surface area contributed by atoms with Gasteiger partial charge >= 0.3 is 5.97 Å². The van der Waals surface area contributed by atoms with Crippen LogP contribution in [0, 0.1) is 5.92 Å². The van der Waals surface area contributed by atoms with Crippen molar-refractivity contribution in [1.29, 1.82) is 0 Å². The highest BCUT2D eigenvalue weighted by molar-refractivity contribution is 14.0. The maximum atomic E-state index is 11.1. The molecule has 1 heterocycles. The third kappa shape index (κ3) is 11.9. The molecule has 1 fully saturated rings. The molecule has 1 saturated heterocycles. The Hall–Kier alpha value is -0.610. The number of methoxy groups -OCH3 is 1. The van der Waals surface area contributed by atoms with E-state index in [1.807, 2.05) is 0 Å². The average Bonchev–Trinajstić information content (AvgIpc) is 2.58. The molecule has 7 nitrogen and oxygen atoms in total. The van der Waals surface area contributed by atoms with Gasteiger partial charge in [-0.15, -0.1) is 24.0 Å². The molecule has 1 atom stereocenters. The van der Waals surface area contributed by atoms with Crippen LogP contribution < -0.4 is 10.6 Å². The van der Waals surface area contributed by atoms with Crippen LogP contribution in [-0.4, -0.2) is 75.9 Å². The molecule has 2 N–H and O–H groups in total. The van der Waals surface area contributed by atoms with E-state index in [1.54, 1.807) is 0 Å². The molecule has 1 rings (SSSR count). The highest BCUT2D eigenvalue weighted by atomic mass is 127. The second-order valence-corrected chi connectivity index (χ2v) is 6.83. The second kappa shape index (κ2) is 15.4. The predicted octanol–water partition coefficient (Wildman–Crippen LogP) is 1.86. The molecule has 1 unspecified atom stereocenters. The molecule has 0 aromatic heterocycles. The van der Waals surface area contributed by atoms with Crippen LogP contribution in [0.4, 0.5) is 0 Å². The zero-order chi connectivity index (χ0) is 18.5. The van der Waals surface area contributed by atoms with Gasteiger partial charge in [-0.1, -0.05) is 13.8 Å². The highest BCUT2D eigenvalue weighted by Crippen LogP contribution is 2.08. The summed E-state index contributed by atoms with van der Waals surface area (Å²) in [6.07, 6.45) is 2.34. The molecule has 0 amide bonds. The third-order valence-electron chi connectivity index (χ3n) is 3.97. The summed E-state index contributed by atoms with van der Waals surface area (Å²) in [6, 6.07) is 0. The quantitative estimate of drug-likeness (QED) is 0.162. The Bertz CT molecular complexity index is 408. The number of guanidine groups is 1. The predicted molar refractivity (Wildman–Crippen MR) is 116 cm³/mol. The van der Waals surface area contributed by atoms with Crippen molar-refractivity contribution in [2.75, 3.05) is 53.0 Å². The topological polar surface area (TPSA) is 75.2 Å². The minimum absolute atomic E-state index is 0. The van der Waals surface area contributed by atoms with E-state index in [4.69, 9.17) is 4.74 Å². The zero-order valence-corrected chi connectivity index (χ0v) is 19.1. The van der Waals surface area contributed by atoms with Gasteiger partial charge in [0.05, 0.1) is 26.4 Å². The number of nitrogens with zero attached hydrogens (tertiary/aromatic N) is 2. The Balaban J connectivity index is 0.00000625. The van der Waals surface area contributed by atoms with Crippen molar-refractivity contribution in [1.82, 2.24) is 15.5 Å². The van der Waals surface area contributed by atoms with E-state index in [0.29, 0.717) is 18.9 Å². The van der Waals surface area contributed by atoms with Crippen LogP contribution in [0.25, 0.3) is 0 Å². The van der Waals surface area contributed by atoms with Gasteiger partial charge in [-0.3, -0.25) is 14.7 Å². The van der Waals surface area contributed by atoms with Gasteiger partial charge in [-0.25, -0.2) is 0 Å². The number of rotatable bonds is 10. The van der Waals surface area contributed by atoms with Crippen molar-refractivity contribution in [2.45, 2.75) is 46.1 Å². The Morgan fingerprint density at radius 1 is 1.35 bits per heavy atom. The van der Waals surface area contributed by atoms with E-state index in [2.05, 4.69) is 46.0 Å². The fourth-order valence-corrected chi connectivity index (χ4v) is 2.81. The first kappa shape index (κ1) is 25.4. The minimum Gasteiger partial charge on any atom is -0.469 e. The number of hydrogen-bond acceptors (Lipinski definition) is 5. The summed E-state index contributed by atoms with van der Waals surface area (Å²) in [7, 11) is 1.42. The smallest absolute Gasteiger partial charge is 0.305 e. The molecule has 0 aromatic rings. The van der Waals surface area contributed by atoms with Crippen molar-refractivity contribution >= 4 is 35.9 Å². The van der Waals surface area contributed by atoms with Crippen molar-refractivity contribution in [3.05, 3.63) is 0 Å². The van der Waals surface area contributed by atoms with Crippen LogP contribution in [-0.2, 0) is 14.3 Å². The normalized spacial score (nSPS) is 18.3. The van der Waals surface area contributed by atoms with E-state index >= 15 is 0 Å². The van der Waals surface area contributed by atoms with Gasteiger partial charge in [-0.2, -0.15) is 0 Å². The molecule has 154 valence electrons. The largest absolute Gasteiger partial charge is 0.469 e. The molecule has 0 radical (unpaired) electrons. The Morgan fingerprint density at radius 2 is 2.12 bits per heavy atom. The van der Waals surface area contributed by atoms with E-state index < -0.39 is 0 Å². The molecule has 0 bridgehead atoms. The first-order valence-corrected chi connectivity index (χ1v) is 9.48. The molecular formula is C18H37IN4O3. The van der Waals surface area contributed by atoms with E-state index in [1.165, 1.54) is 7.11 Å². The zero-order valence-electron chi connectivity index (χ0n) is 16.8. The molecule has 0 spiro atoms. The monoisotopic (exact) mass is 484 g/mol. The van der Waals surface area contributed by atoms with Crippen molar-refractivity contribution < 1.29 is 14.3 Å². The Labute approximate surface area is 175 Å². The van der Waals surface area contributed by atoms with Crippen LogP contribution in [0.15, 0.2) is 4.99 Å². The number of unbranched alkanes of at least 4 members (excludes halogenated alkanes) is 1. The summed E-state index contributed by atoms with van der Waals surface area (Å²) in [6.45, 7) is 12.7. The Morgan fingerprint density at radius 3 is 2.77 bits per heavy atom. The standard InChI is InChI=1S/C18H36N4O3.HI/c1-5-19-18(20-9-7-6-8-17(23)24-4)21-12-16-14-22(10-11-25-16)13-15(2)3;/h15-16H,5-14H2,1-4H3,(H2,19,20,21);1H. The van der Waals surface area contributed by atoms with Gasteiger partial charge in [0.1, 0.15) is 0 Å². The summed E-state index contributed by atoms with van der Waals surface area (Å²) in [5, 5.41) is 6.57. The molecule has 0 aromatic carbocycles. The van der Waals surface area contributed by atoms with Gasteiger partial charge in [-0.05, 0) is 25.7 Å². The van der Waals surface area contributed by atoms with Gasteiger partial charge in [0.15, 0.2) is 5.96 Å². The van der Waals surface area contributed by atoms with E-state index in [-0.39, 0.29) is 36.0 Å². The number of ether oxygens (including phenoxy) is 2. The molecule has 1 aliphatic rings. The van der Waals surface area contributed by atoms with Gasteiger partial charge < -0.3 is 20.1 Å². The van der Waals surface area contributed by atoms with Gasteiger partial charge in [0, 0.05) is 39.1 Å². The summed E-state index contributed by atoms with van der Waals surface area (Å²) >= 11 is 0. The lowest BCUT2D eigenvalue weighted by molar-refractivity contribution is -0.140. The van der Waals surface area contributed by atoms with Crippen molar-refractivity contribution in [3.63, 3.8) is 0 Å². The fraction of sp³-hybridized carbons (Fsp3) is 0.889. The first-order valence-electron chi connectivity index (χ1n) is 9.48. The molecule has 0 aliphatic carbocycles. The SMILES string of the molecule is CCNC(=NCC1CN(CC(C)C)CCO1)NCCCCC(=O)OC.I. The molecule has 26 heavy (non-hydrogen) atoms. The second-order valence-electron chi connectivity index (χ2n) is 6.83. The van der Waals surface area contributed by atoms with E-state index in [0.717, 1.165) is 58.1 Å². The summed E-state index contributed by atoms with van der Waals surface area (Å²) in [4.78, 5) is 18.2. The average molecular weight is 484 g/mol. The minimum atomic E-state index is -0.152. The summed E-state index contributed by atoms with van der Waals surface area (Å²) < 4.78 is 10.5. The lowest BCUT2D eigenvalue weighted by Gasteiger charge is -2.33. The highest BCUT2D eigenvalue weighted by Gasteiger charge is 2.20. The number of morpholine rings is 1. The lowest BCUT2D eigenvalue weighted by atomic mass is 10.2. The number of aliphatic imine (C=N–C) groups is 1. The Kier molecular flexibility index (Phi) is 15.1.